The van der Waals surface area contributed by atoms with Gasteiger partial charge in [0.2, 0.25) is 0 Å². The second-order valence-corrected chi connectivity index (χ2v) is 9.13. The number of amides is 1. The lowest BCUT2D eigenvalue weighted by Gasteiger charge is -2.35. The van der Waals surface area contributed by atoms with E-state index >= 15 is 0 Å². The van der Waals surface area contributed by atoms with Crippen molar-refractivity contribution in [2.24, 2.45) is 15.8 Å². The molecule has 0 radical (unpaired) electrons. The van der Waals surface area contributed by atoms with Crippen molar-refractivity contribution in [1.29, 1.82) is 0 Å². The Labute approximate surface area is 194 Å². The number of rotatable bonds is 3. The number of aryl methyl sites for hydroxylation is 1. The number of nitrogens with two attached hydrogens (primary N) is 1. The van der Waals surface area contributed by atoms with Crippen molar-refractivity contribution in [3.05, 3.63) is 58.0 Å². The van der Waals surface area contributed by atoms with Crippen LogP contribution in [-0.4, -0.2) is 65.0 Å². The molecule has 3 aliphatic heterocycles. The Hall–Kier alpha value is -2.64. The molecule has 0 bridgehead atoms. The SMILES string of the molecule is C=NN1C=C(C)C(N2CC[C@H](N)C2)=N/C1=C/C1CCCCN1C(=O)c1cccc(C)c1Cl. The van der Waals surface area contributed by atoms with E-state index in [0.29, 0.717) is 23.0 Å². The molecule has 7 nitrogen and oxygen atoms in total. The largest absolute Gasteiger partial charge is 0.355 e. The first-order chi connectivity index (χ1) is 15.4. The third-order valence-electron chi connectivity index (χ3n) is 6.37. The van der Waals surface area contributed by atoms with Gasteiger partial charge in [0.25, 0.3) is 5.91 Å². The summed E-state index contributed by atoms with van der Waals surface area (Å²) >= 11 is 6.47. The normalized spacial score (nSPS) is 25.1. The van der Waals surface area contributed by atoms with E-state index in [4.69, 9.17) is 22.3 Å². The number of carbonyl (C=O) groups excluding carboxylic acids is 1. The quantitative estimate of drug-likeness (QED) is 0.705. The number of hydrazone groups is 1. The molecule has 1 aromatic rings. The summed E-state index contributed by atoms with van der Waals surface area (Å²) in [6.45, 7) is 10.0. The van der Waals surface area contributed by atoms with Crippen LogP contribution in [0, 0.1) is 6.92 Å². The Morgan fingerprint density at radius 2 is 2.09 bits per heavy atom. The molecule has 2 saturated heterocycles. The average molecular weight is 455 g/mol. The summed E-state index contributed by atoms with van der Waals surface area (Å²) in [5.74, 6) is 1.55. The third kappa shape index (κ3) is 4.45. The van der Waals surface area contributed by atoms with Crippen molar-refractivity contribution in [3.8, 4) is 0 Å². The minimum absolute atomic E-state index is 0.0457. The van der Waals surface area contributed by atoms with Gasteiger partial charge in [-0.2, -0.15) is 5.10 Å². The van der Waals surface area contributed by atoms with Crippen LogP contribution in [0.15, 0.2) is 52.0 Å². The summed E-state index contributed by atoms with van der Waals surface area (Å²) in [5.41, 5.74) is 8.59. The number of carbonyl (C=O) groups is 1. The van der Waals surface area contributed by atoms with Crippen LogP contribution in [0.2, 0.25) is 5.02 Å². The van der Waals surface area contributed by atoms with E-state index in [0.717, 1.165) is 55.7 Å². The smallest absolute Gasteiger partial charge is 0.255 e. The van der Waals surface area contributed by atoms with Crippen LogP contribution in [0.4, 0.5) is 0 Å². The molecule has 0 aromatic heterocycles. The highest BCUT2D eigenvalue weighted by Crippen LogP contribution is 2.29. The molecule has 2 atom stereocenters. The number of piperidine rings is 1. The van der Waals surface area contributed by atoms with E-state index in [1.807, 2.05) is 43.2 Å². The number of halogens is 1. The van der Waals surface area contributed by atoms with Crippen molar-refractivity contribution in [2.75, 3.05) is 19.6 Å². The summed E-state index contributed by atoms with van der Waals surface area (Å²) in [6, 6.07) is 5.66. The summed E-state index contributed by atoms with van der Waals surface area (Å²) < 4.78 is 0. The van der Waals surface area contributed by atoms with Crippen LogP contribution in [0.5, 0.6) is 0 Å². The zero-order chi connectivity index (χ0) is 22.8. The number of likely N-dealkylation sites (tertiary alicyclic amines) is 2. The van der Waals surface area contributed by atoms with Crippen LogP contribution in [0.3, 0.4) is 0 Å². The maximum atomic E-state index is 13.4. The van der Waals surface area contributed by atoms with Crippen molar-refractivity contribution < 1.29 is 4.79 Å². The summed E-state index contributed by atoms with van der Waals surface area (Å²) in [6.07, 6.45) is 7.82. The van der Waals surface area contributed by atoms with Gasteiger partial charge >= 0.3 is 0 Å². The maximum absolute atomic E-state index is 13.4. The maximum Gasteiger partial charge on any atom is 0.255 e. The van der Waals surface area contributed by atoms with Crippen LogP contribution in [0.1, 0.15) is 48.5 Å². The average Bonchev–Trinajstić information content (AvgIpc) is 3.22. The highest BCUT2D eigenvalue weighted by Gasteiger charge is 2.31. The molecule has 4 rings (SSSR count). The minimum Gasteiger partial charge on any atom is -0.355 e. The van der Waals surface area contributed by atoms with E-state index in [1.165, 1.54) is 0 Å². The highest BCUT2D eigenvalue weighted by atomic mass is 35.5. The van der Waals surface area contributed by atoms with Crippen LogP contribution >= 0.6 is 11.6 Å². The standard InChI is InChI=1S/C24H31ClN6O/c1-16-7-6-9-20(22(16)25)24(32)30-11-5-4-8-19(30)13-21-28-23(17(2)14-31(21)27-3)29-12-10-18(26)15-29/h6-7,9,13-14,18-19H,3-5,8,10-12,15,26H2,1-2H3/b21-13-/t18-,19?/m0/s1. The van der Waals surface area contributed by atoms with Gasteiger partial charge in [0.15, 0.2) is 5.82 Å². The van der Waals surface area contributed by atoms with Gasteiger partial charge in [0, 0.05) is 44.2 Å². The zero-order valence-electron chi connectivity index (χ0n) is 18.8. The molecule has 0 spiro atoms. The molecule has 3 heterocycles. The number of nitrogens with zero attached hydrogens (tertiary/aromatic N) is 5. The minimum atomic E-state index is -0.0929. The monoisotopic (exact) mass is 454 g/mol. The predicted octanol–water partition coefficient (Wildman–Crippen LogP) is 3.75. The number of hydrogen-bond acceptors (Lipinski definition) is 6. The van der Waals surface area contributed by atoms with Crippen molar-refractivity contribution in [2.45, 2.75) is 51.6 Å². The molecule has 2 N–H and O–H groups in total. The lowest BCUT2D eigenvalue weighted by Crippen LogP contribution is -2.43. The van der Waals surface area contributed by atoms with E-state index in [2.05, 4.69) is 16.7 Å². The third-order valence-corrected chi connectivity index (χ3v) is 6.88. The molecular weight excluding hydrogens is 424 g/mol. The summed E-state index contributed by atoms with van der Waals surface area (Å²) in [4.78, 5) is 22.5. The van der Waals surface area contributed by atoms with Crippen molar-refractivity contribution in [1.82, 2.24) is 14.8 Å². The van der Waals surface area contributed by atoms with Crippen LogP contribution < -0.4 is 5.73 Å². The van der Waals surface area contributed by atoms with Crippen LogP contribution in [-0.2, 0) is 0 Å². The van der Waals surface area contributed by atoms with Gasteiger partial charge in [-0.25, -0.2) is 10.0 Å². The lowest BCUT2D eigenvalue weighted by molar-refractivity contribution is 0.0662. The molecule has 1 unspecified atom stereocenters. The summed E-state index contributed by atoms with van der Waals surface area (Å²) in [5, 5.41) is 6.34. The van der Waals surface area contributed by atoms with Gasteiger partial charge in [0.1, 0.15) is 5.84 Å². The molecule has 1 aromatic carbocycles. The number of hydrogen-bond donors (Lipinski definition) is 1. The second-order valence-electron chi connectivity index (χ2n) is 8.75. The molecule has 0 saturated carbocycles. The van der Waals surface area contributed by atoms with E-state index in [-0.39, 0.29) is 18.0 Å². The van der Waals surface area contributed by atoms with E-state index in [1.54, 1.807) is 11.1 Å². The Bertz CT molecular complexity index is 1000. The van der Waals surface area contributed by atoms with Gasteiger partial charge in [0.05, 0.1) is 16.6 Å². The fraction of sp³-hybridized carbons (Fsp3) is 0.458. The van der Waals surface area contributed by atoms with E-state index < -0.39 is 0 Å². The molecule has 3 aliphatic rings. The number of amidine groups is 1. The molecular formula is C24H31ClN6O. The van der Waals surface area contributed by atoms with Crippen molar-refractivity contribution >= 4 is 30.1 Å². The predicted molar refractivity (Wildman–Crippen MR) is 130 cm³/mol. The van der Waals surface area contributed by atoms with Gasteiger partial charge in [-0.05, 0) is 57.2 Å². The first kappa shape index (κ1) is 22.6. The topological polar surface area (TPSA) is 77.5 Å². The lowest BCUT2D eigenvalue weighted by atomic mass is 9.99. The Morgan fingerprint density at radius 1 is 1.28 bits per heavy atom. The summed E-state index contributed by atoms with van der Waals surface area (Å²) in [7, 11) is 0. The Morgan fingerprint density at radius 3 is 2.81 bits per heavy atom. The van der Waals surface area contributed by atoms with Gasteiger partial charge in [-0.1, -0.05) is 23.7 Å². The van der Waals surface area contributed by atoms with Gasteiger partial charge < -0.3 is 15.5 Å². The first-order valence-electron chi connectivity index (χ1n) is 11.2. The number of benzene rings is 1. The fourth-order valence-electron chi connectivity index (χ4n) is 4.60. The molecule has 32 heavy (non-hydrogen) atoms. The fourth-order valence-corrected chi connectivity index (χ4v) is 4.81. The van der Waals surface area contributed by atoms with Crippen molar-refractivity contribution in [3.63, 3.8) is 0 Å². The second kappa shape index (κ2) is 9.46. The van der Waals surface area contributed by atoms with Gasteiger partial charge in [-0.3, -0.25) is 4.79 Å². The molecule has 8 heteroatoms. The molecule has 2 fully saturated rings. The number of aliphatic imine (C=N–C) groups is 1. The van der Waals surface area contributed by atoms with Crippen LogP contribution in [0.25, 0.3) is 0 Å². The zero-order valence-corrected chi connectivity index (χ0v) is 19.6. The molecule has 0 aliphatic carbocycles. The first-order valence-corrected chi connectivity index (χ1v) is 11.6. The highest BCUT2D eigenvalue weighted by molar-refractivity contribution is 6.34. The molecule has 170 valence electrons. The Kier molecular flexibility index (Phi) is 6.67. The van der Waals surface area contributed by atoms with E-state index in [9.17, 15) is 4.79 Å². The Balaban J connectivity index is 1.65. The van der Waals surface area contributed by atoms with Gasteiger partial charge in [-0.15, -0.1) is 0 Å². The molecule has 1 amide bonds.